The number of hydrogen-bond acceptors (Lipinski definition) is 9. The van der Waals surface area contributed by atoms with Gasteiger partial charge in [-0.15, -0.1) is 15.3 Å². The van der Waals surface area contributed by atoms with Crippen molar-refractivity contribution >= 4 is 28.1 Å². The number of nitrogens with zero attached hydrogens (tertiary/aromatic N) is 6. The van der Waals surface area contributed by atoms with E-state index < -0.39 is 0 Å². The van der Waals surface area contributed by atoms with Crippen molar-refractivity contribution in [1.82, 2.24) is 29.5 Å². The minimum Gasteiger partial charge on any atom is -0.469 e. The third kappa shape index (κ3) is 2.70. The summed E-state index contributed by atoms with van der Waals surface area (Å²) in [6, 6.07) is 3.27. The van der Waals surface area contributed by atoms with Gasteiger partial charge in [0.1, 0.15) is 5.76 Å². The van der Waals surface area contributed by atoms with Crippen LogP contribution in [0.1, 0.15) is 18.4 Å². The average Bonchev–Trinajstić information content (AvgIpc) is 3.28. The number of rotatable bonds is 4. The molecule has 2 N–H and O–H groups in total. The quantitative estimate of drug-likeness (QED) is 0.536. The molecule has 0 aromatic carbocycles. The monoisotopic (exact) mass is 375 g/mol. The van der Waals surface area contributed by atoms with Gasteiger partial charge in [0.25, 0.3) is 5.56 Å². The van der Waals surface area contributed by atoms with Crippen molar-refractivity contribution in [2.24, 2.45) is 0 Å². The maximum atomic E-state index is 12.1. The highest BCUT2D eigenvalue weighted by Crippen LogP contribution is 2.31. The van der Waals surface area contributed by atoms with Crippen LogP contribution in [-0.2, 0) is 6.42 Å². The van der Waals surface area contributed by atoms with Gasteiger partial charge in [-0.2, -0.15) is 4.52 Å². The van der Waals surface area contributed by atoms with E-state index in [0.29, 0.717) is 32.5 Å². The molecule has 9 nitrogen and oxygen atoms in total. The van der Waals surface area contributed by atoms with Gasteiger partial charge >= 0.3 is 0 Å². The Labute approximate surface area is 149 Å². The molecule has 0 unspecified atom stereocenters. The first kappa shape index (κ1) is 15.8. The summed E-state index contributed by atoms with van der Waals surface area (Å²) in [5, 5.41) is 13.0. The van der Waals surface area contributed by atoms with E-state index in [0.717, 1.165) is 11.3 Å². The Kier molecular flexibility index (Phi) is 3.81. The van der Waals surface area contributed by atoms with Crippen molar-refractivity contribution in [1.29, 1.82) is 0 Å². The Bertz CT molecular complexity index is 1120. The molecule has 128 valence electrons. The molecule has 4 aromatic rings. The largest absolute Gasteiger partial charge is 0.469 e. The molecule has 0 bridgehead atoms. The lowest BCUT2D eigenvalue weighted by Gasteiger charge is -2.00. The van der Waals surface area contributed by atoms with Crippen molar-refractivity contribution in [2.75, 3.05) is 5.84 Å². The molecular weight excluding hydrogens is 362 g/mol. The molecule has 0 saturated carbocycles. The molecule has 0 fully saturated rings. The van der Waals surface area contributed by atoms with Gasteiger partial charge < -0.3 is 10.3 Å². The number of hydrogen-bond donors (Lipinski definition) is 1. The zero-order chi connectivity index (χ0) is 17.6. The minimum atomic E-state index is -0.200. The summed E-state index contributed by atoms with van der Waals surface area (Å²) in [5.41, 5.74) is 1.32. The fraction of sp³-hybridized carbons (Fsp3) is 0.214. The fourth-order valence-corrected chi connectivity index (χ4v) is 4.10. The van der Waals surface area contributed by atoms with Crippen molar-refractivity contribution in [3.05, 3.63) is 40.2 Å². The van der Waals surface area contributed by atoms with Crippen LogP contribution in [0.5, 0.6) is 0 Å². The van der Waals surface area contributed by atoms with Crippen molar-refractivity contribution in [2.45, 2.75) is 29.8 Å². The average molecular weight is 375 g/mol. The van der Waals surface area contributed by atoms with Crippen LogP contribution in [0.2, 0.25) is 0 Å². The molecule has 11 heteroatoms. The predicted molar refractivity (Wildman–Crippen MR) is 93.2 cm³/mol. The zero-order valence-electron chi connectivity index (χ0n) is 13.3. The van der Waals surface area contributed by atoms with Crippen LogP contribution >= 0.6 is 23.1 Å². The Hall–Kier alpha value is -2.66. The van der Waals surface area contributed by atoms with Crippen LogP contribution in [0, 0.1) is 6.92 Å². The molecule has 0 atom stereocenters. The highest BCUT2D eigenvalue weighted by atomic mass is 32.2. The molecular formula is C14H13N7O2S2. The van der Waals surface area contributed by atoms with E-state index >= 15 is 0 Å². The summed E-state index contributed by atoms with van der Waals surface area (Å²) < 4.78 is 8.54. The lowest BCUT2D eigenvalue weighted by molar-refractivity contribution is 0.535. The van der Waals surface area contributed by atoms with Crippen LogP contribution in [-0.4, -0.2) is 29.5 Å². The second kappa shape index (κ2) is 6.01. The Morgan fingerprint density at radius 2 is 2.24 bits per heavy atom. The number of furan rings is 1. The van der Waals surface area contributed by atoms with E-state index in [9.17, 15) is 4.79 Å². The van der Waals surface area contributed by atoms with Gasteiger partial charge in [0.2, 0.25) is 10.1 Å². The highest BCUT2D eigenvalue weighted by Gasteiger charge is 2.18. The SMILES string of the molecule is CCc1cc(=O)n2nc(Sc3nnc(-c4ccoc4C)n3N)sc2n1. The van der Waals surface area contributed by atoms with Crippen LogP contribution in [0.3, 0.4) is 0 Å². The van der Waals surface area contributed by atoms with E-state index in [4.69, 9.17) is 10.3 Å². The maximum absolute atomic E-state index is 12.1. The second-order valence-corrected chi connectivity index (χ2v) is 7.34. The first-order valence-corrected chi connectivity index (χ1v) is 9.02. The molecule has 0 spiro atoms. The number of nitrogen functional groups attached to an aromatic ring is 1. The van der Waals surface area contributed by atoms with Gasteiger partial charge in [-0.25, -0.2) is 9.66 Å². The summed E-state index contributed by atoms with van der Waals surface area (Å²) >= 11 is 2.53. The Balaban J connectivity index is 1.70. The van der Waals surface area contributed by atoms with E-state index in [1.54, 1.807) is 12.3 Å². The van der Waals surface area contributed by atoms with Crippen LogP contribution in [0.4, 0.5) is 0 Å². The molecule has 0 aliphatic carbocycles. The van der Waals surface area contributed by atoms with E-state index in [1.165, 1.54) is 38.4 Å². The van der Waals surface area contributed by atoms with Crippen molar-refractivity contribution in [3.63, 3.8) is 0 Å². The van der Waals surface area contributed by atoms with Crippen molar-refractivity contribution < 1.29 is 4.42 Å². The molecule has 0 aliphatic heterocycles. The Morgan fingerprint density at radius 1 is 1.40 bits per heavy atom. The zero-order valence-corrected chi connectivity index (χ0v) is 15.0. The molecule has 4 aromatic heterocycles. The van der Waals surface area contributed by atoms with Crippen LogP contribution in [0.15, 0.2) is 37.1 Å². The van der Waals surface area contributed by atoms with Crippen LogP contribution < -0.4 is 11.4 Å². The Morgan fingerprint density at radius 3 is 2.96 bits per heavy atom. The third-order valence-corrected chi connectivity index (χ3v) is 5.50. The number of aromatic nitrogens is 6. The summed E-state index contributed by atoms with van der Waals surface area (Å²) in [7, 11) is 0. The van der Waals surface area contributed by atoms with Gasteiger partial charge in [-0.3, -0.25) is 4.79 Å². The van der Waals surface area contributed by atoms with E-state index in [1.807, 2.05) is 13.8 Å². The molecule has 25 heavy (non-hydrogen) atoms. The summed E-state index contributed by atoms with van der Waals surface area (Å²) in [4.78, 5) is 17.0. The first-order chi connectivity index (χ1) is 12.1. The maximum Gasteiger partial charge on any atom is 0.275 e. The summed E-state index contributed by atoms with van der Waals surface area (Å²) in [5.74, 6) is 7.31. The molecule has 4 rings (SSSR count). The van der Waals surface area contributed by atoms with Gasteiger partial charge in [-0.05, 0) is 31.2 Å². The van der Waals surface area contributed by atoms with E-state index in [2.05, 4.69) is 20.3 Å². The standard InChI is InChI=1S/C14H13N7O2S2/c1-3-8-6-10(22)21-12(16-8)24-14(19-21)25-13-18-17-11(20(13)15)9-4-5-23-7(9)2/h4-6H,3,15H2,1-2H3. The normalized spacial score (nSPS) is 11.4. The fourth-order valence-electron chi connectivity index (χ4n) is 2.29. The molecule has 0 amide bonds. The third-order valence-electron chi connectivity index (χ3n) is 3.58. The lowest BCUT2D eigenvalue weighted by Crippen LogP contribution is -2.15. The second-order valence-electron chi connectivity index (χ2n) is 5.17. The molecule has 4 heterocycles. The molecule has 0 saturated heterocycles. The predicted octanol–water partition coefficient (Wildman–Crippen LogP) is 1.74. The smallest absolute Gasteiger partial charge is 0.275 e. The van der Waals surface area contributed by atoms with Gasteiger partial charge in [0.15, 0.2) is 10.2 Å². The summed E-state index contributed by atoms with van der Waals surface area (Å²) in [6.45, 7) is 3.78. The minimum absolute atomic E-state index is 0.200. The number of aryl methyl sites for hydroxylation is 2. The summed E-state index contributed by atoms with van der Waals surface area (Å²) in [6.07, 6.45) is 2.26. The van der Waals surface area contributed by atoms with Crippen molar-refractivity contribution in [3.8, 4) is 11.4 Å². The number of fused-ring (bicyclic) bond motifs is 1. The lowest BCUT2D eigenvalue weighted by atomic mass is 10.2. The van der Waals surface area contributed by atoms with Gasteiger partial charge in [-0.1, -0.05) is 18.3 Å². The molecule has 0 aliphatic rings. The number of nitrogens with two attached hydrogens (primary N) is 1. The highest BCUT2D eigenvalue weighted by molar-refractivity contribution is 8.01. The molecule has 0 radical (unpaired) electrons. The van der Waals surface area contributed by atoms with E-state index in [-0.39, 0.29) is 5.56 Å². The van der Waals surface area contributed by atoms with Crippen LogP contribution in [0.25, 0.3) is 16.3 Å². The topological polar surface area (TPSA) is 117 Å². The van der Waals surface area contributed by atoms with Gasteiger partial charge in [0.05, 0.1) is 11.8 Å². The first-order valence-electron chi connectivity index (χ1n) is 7.39. The van der Waals surface area contributed by atoms with Gasteiger partial charge in [0, 0.05) is 11.8 Å².